The number of benzene rings is 1. The number of halogens is 1. The number of carbonyl (C=O) groups excluding carboxylic acids is 2. The van der Waals surface area contributed by atoms with E-state index < -0.39 is 0 Å². The van der Waals surface area contributed by atoms with Crippen LogP contribution in [0.2, 0.25) is 0 Å². The third kappa shape index (κ3) is 10.6. The average Bonchev–Trinajstić information content (AvgIpc) is 2.53. The monoisotopic (exact) mass is 461 g/mol. The minimum absolute atomic E-state index is 0. The van der Waals surface area contributed by atoms with Gasteiger partial charge in [-0.1, -0.05) is 18.2 Å². The molecule has 0 saturated heterocycles. The molecule has 0 aliphatic heterocycles. The summed E-state index contributed by atoms with van der Waals surface area (Å²) < 4.78 is 0. The van der Waals surface area contributed by atoms with E-state index in [4.69, 9.17) is 0 Å². The van der Waals surface area contributed by atoms with Crippen LogP contribution in [0.4, 0.5) is 0 Å². The molecule has 7 nitrogen and oxygen atoms in total. The van der Waals surface area contributed by atoms with Crippen LogP contribution < -0.4 is 21.3 Å². The van der Waals surface area contributed by atoms with Crippen molar-refractivity contribution in [2.45, 2.75) is 26.3 Å². The molecule has 140 valence electrons. The maximum absolute atomic E-state index is 11.9. The smallest absolute Gasteiger partial charge is 0.251 e. The number of amides is 2. The molecule has 1 aromatic carbocycles. The van der Waals surface area contributed by atoms with Crippen molar-refractivity contribution >= 4 is 41.8 Å². The Balaban J connectivity index is 0.00000576. The number of hydrogen-bond acceptors (Lipinski definition) is 3. The average molecular weight is 461 g/mol. The molecule has 0 aliphatic carbocycles. The second-order valence-electron chi connectivity index (χ2n) is 6.27. The van der Waals surface area contributed by atoms with Crippen molar-refractivity contribution in [3.63, 3.8) is 0 Å². The number of aliphatic imine (C=N–C) groups is 1. The zero-order valence-corrected chi connectivity index (χ0v) is 17.5. The Bertz CT molecular complexity index is 570. The molecule has 0 atom stereocenters. The first-order valence-corrected chi connectivity index (χ1v) is 7.90. The van der Waals surface area contributed by atoms with Gasteiger partial charge in [-0.3, -0.25) is 14.6 Å². The zero-order chi connectivity index (χ0) is 18.0. The molecule has 0 heterocycles. The SMILES string of the molecule is CN=C(NCCNC(=O)c1ccccc1)NCC(=O)NC(C)(C)C.I. The van der Waals surface area contributed by atoms with Crippen molar-refractivity contribution in [2.24, 2.45) is 4.99 Å². The molecular formula is C17H28IN5O2. The van der Waals surface area contributed by atoms with Crippen LogP contribution in [0.3, 0.4) is 0 Å². The third-order valence-corrected chi connectivity index (χ3v) is 2.89. The van der Waals surface area contributed by atoms with Crippen molar-refractivity contribution in [3.05, 3.63) is 35.9 Å². The number of carbonyl (C=O) groups is 2. The van der Waals surface area contributed by atoms with Crippen molar-refractivity contribution in [1.29, 1.82) is 0 Å². The minimum atomic E-state index is -0.266. The van der Waals surface area contributed by atoms with E-state index in [-0.39, 0.29) is 47.9 Å². The minimum Gasteiger partial charge on any atom is -0.355 e. The lowest BCUT2D eigenvalue weighted by atomic mass is 10.1. The largest absolute Gasteiger partial charge is 0.355 e. The second kappa shape index (κ2) is 11.7. The first kappa shape index (κ1) is 23.2. The summed E-state index contributed by atoms with van der Waals surface area (Å²) in [5.74, 6) is 0.278. The molecule has 1 aromatic rings. The Morgan fingerprint density at radius 3 is 2.16 bits per heavy atom. The standard InChI is InChI=1S/C17H27N5O2.HI/c1-17(2,3)22-14(23)12-21-16(18-4)20-11-10-19-15(24)13-8-6-5-7-9-13;/h5-9H,10-12H2,1-4H3,(H,19,24)(H,22,23)(H2,18,20,21);1H. The first-order valence-electron chi connectivity index (χ1n) is 7.90. The molecule has 4 N–H and O–H groups in total. The van der Waals surface area contributed by atoms with E-state index in [2.05, 4.69) is 26.3 Å². The van der Waals surface area contributed by atoms with E-state index in [9.17, 15) is 9.59 Å². The lowest BCUT2D eigenvalue weighted by molar-refractivity contribution is -0.121. The summed E-state index contributed by atoms with van der Waals surface area (Å²) >= 11 is 0. The van der Waals surface area contributed by atoms with Gasteiger partial charge in [0.25, 0.3) is 5.91 Å². The van der Waals surface area contributed by atoms with E-state index >= 15 is 0 Å². The molecule has 0 fully saturated rings. The van der Waals surface area contributed by atoms with Gasteiger partial charge < -0.3 is 21.3 Å². The Morgan fingerprint density at radius 1 is 1.00 bits per heavy atom. The highest BCUT2D eigenvalue weighted by Gasteiger charge is 2.13. The summed E-state index contributed by atoms with van der Waals surface area (Å²) in [7, 11) is 1.62. The lowest BCUT2D eigenvalue weighted by Crippen LogP contribution is -2.48. The molecule has 0 radical (unpaired) electrons. The van der Waals surface area contributed by atoms with Gasteiger partial charge >= 0.3 is 0 Å². The van der Waals surface area contributed by atoms with Crippen LogP contribution in [0, 0.1) is 0 Å². The molecule has 1 rings (SSSR count). The Kier molecular flexibility index (Phi) is 10.8. The Hall–Kier alpha value is -1.84. The van der Waals surface area contributed by atoms with Gasteiger partial charge in [0.15, 0.2) is 5.96 Å². The van der Waals surface area contributed by atoms with Crippen molar-refractivity contribution in [2.75, 3.05) is 26.7 Å². The number of hydrogen-bond donors (Lipinski definition) is 4. The number of guanidine groups is 1. The highest BCUT2D eigenvalue weighted by molar-refractivity contribution is 14.0. The van der Waals surface area contributed by atoms with Crippen molar-refractivity contribution in [3.8, 4) is 0 Å². The predicted octanol–water partition coefficient (Wildman–Crippen LogP) is 1.11. The van der Waals surface area contributed by atoms with Crippen LogP contribution in [0.15, 0.2) is 35.3 Å². The van der Waals surface area contributed by atoms with E-state index in [0.29, 0.717) is 24.6 Å². The molecular weight excluding hydrogens is 433 g/mol. The molecule has 8 heteroatoms. The van der Waals surface area contributed by atoms with Crippen LogP contribution >= 0.6 is 24.0 Å². The fourth-order valence-electron chi connectivity index (χ4n) is 1.90. The number of nitrogens with one attached hydrogen (secondary N) is 4. The highest BCUT2D eigenvalue weighted by atomic mass is 127. The van der Waals surface area contributed by atoms with E-state index in [1.807, 2.05) is 39.0 Å². The van der Waals surface area contributed by atoms with Gasteiger partial charge in [-0.15, -0.1) is 24.0 Å². The van der Waals surface area contributed by atoms with Gasteiger partial charge in [-0.05, 0) is 32.9 Å². The van der Waals surface area contributed by atoms with Gasteiger partial charge in [0.2, 0.25) is 5.91 Å². The van der Waals surface area contributed by atoms with Crippen LogP contribution in [-0.4, -0.2) is 50.0 Å². The molecule has 2 amide bonds. The van der Waals surface area contributed by atoms with E-state index in [0.717, 1.165) is 0 Å². The summed E-state index contributed by atoms with van der Waals surface area (Å²) in [6.45, 7) is 6.85. The summed E-state index contributed by atoms with van der Waals surface area (Å²) in [5.41, 5.74) is 0.358. The summed E-state index contributed by atoms with van der Waals surface area (Å²) in [6, 6.07) is 9.03. The first-order chi connectivity index (χ1) is 11.3. The molecule has 0 unspecified atom stereocenters. The number of nitrogens with zero attached hydrogens (tertiary/aromatic N) is 1. The molecule has 0 bridgehead atoms. The normalized spacial score (nSPS) is 11.1. The van der Waals surface area contributed by atoms with Crippen molar-refractivity contribution in [1.82, 2.24) is 21.3 Å². The Morgan fingerprint density at radius 2 is 1.60 bits per heavy atom. The van der Waals surface area contributed by atoms with Gasteiger partial charge in [0, 0.05) is 31.2 Å². The van der Waals surface area contributed by atoms with Crippen LogP contribution in [0.1, 0.15) is 31.1 Å². The summed E-state index contributed by atoms with van der Waals surface area (Å²) in [5, 5.41) is 11.6. The zero-order valence-electron chi connectivity index (χ0n) is 15.2. The topological polar surface area (TPSA) is 94.6 Å². The summed E-state index contributed by atoms with van der Waals surface area (Å²) in [4.78, 5) is 27.6. The van der Waals surface area contributed by atoms with Crippen LogP contribution in [0.25, 0.3) is 0 Å². The maximum Gasteiger partial charge on any atom is 0.251 e. The predicted molar refractivity (Wildman–Crippen MR) is 111 cm³/mol. The van der Waals surface area contributed by atoms with Crippen LogP contribution in [-0.2, 0) is 4.79 Å². The molecule has 0 aliphatic rings. The van der Waals surface area contributed by atoms with Crippen molar-refractivity contribution < 1.29 is 9.59 Å². The molecule has 25 heavy (non-hydrogen) atoms. The fraction of sp³-hybridized carbons (Fsp3) is 0.471. The molecule has 0 spiro atoms. The summed E-state index contributed by atoms with van der Waals surface area (Å²) in [6.07, 6.45) is 0. The van der Waals surface area contributed by atoms with Gasteiger partial charge in [0.1, 0.15) is 0 Å². The lowest BCUT2D eigenvalue weighted by Gasteiger charge is -2.21. The van der Waals surface area contributed by atoms with Gasteiger partial charge in [0.05, 0.1) is 6.54 Å². The maximum atomic E-state index is 11.9. The van der Waals surface area contributed by atoms with E-state index in [1.165, 1.54) is 0 Å². The molecule has 0 aromatic heterocycles. The van der Waals surface area contributed by atoms with Crippen LogP contribution in [0.5, 0.6) is 0 Å². The Labute approximate surface area is 166 Å². The number of rotatable bonds is 6. The van der Waals surface area contributed by atoms with Gasteiger partial charge in [-0.2, -0.15) is 0 Å². The quantitative estimate of drug-likeness (QED) is 0.221. The third-order valence-electron chi connectivity index (χ3n) is 2.89. The fourth-order valence-corrected chi connectivity index (χ4v) is 1.90. The second-order valence-corrected chi connectivity index (χ2v) is 6.27. The highest BCUT2D eigenvalue weighted by Crippen LogP contribution is 1.97. The molecule has 0 saturated carbocycles. The van der Waals surface area contributed by atoms with Gasteiger partial charge in [-0.25, -0.2) is 0 Å². The van der Waals surface area contributed by atoms with E-state index in [1.54, 1.807) is 19.2 Å².